The molecule has 0 unspecified atom stereocenters. The van der Waals surface area contributed by atoms with Crippen LogP contribution in [0.15, 0.2) is 55.6 Å². The summed E-state index contributed by atoms with van der Waals surface area (Å²) < 4.78 is 81.7. The van der Waals surface area contributed by atoms with Crippen molar-refractivity contribution in [2.24, 2.45) is 0 Å². The zero-order valence-corrected chi connectivity index (χ0v) is 16.3. The van der Waals surface area contributed by atoms with Crippen molar-refractivity contribution in [1.82, 2.24) is 9.13 Å². The molecule has 0 aliphatic rings. The fourth-order valence-electron chi connectivity index (χ4n) is 3.79. The Labute approximate surface area is 181 Å². The van der Waals surface area contributed by atoms with Crippen LogP contribution in [0.5, 0.6) is 0 Å². The van der Waals surface area contributed by atoms with Gasteiger partial charge in [-0.1, -0.05) is 0 Å². The minimum absolute atomic E-state index is 0.336. The molecule has 2 aromatic heterocycles. The van der Waals surface area contributed by atoms with Crippen LogP contribution in [0.25, 0.3) is 32.9 Å². The highest BCUT2D eigenvalue weighted by Gasteiger charge is 2.23. The van der Waals surface area contributed by atoms with Crippen molar-refractivity contribution < 1.29 is 26.3 Å². The number of hydrogen-bond acceptors (Lipinski definition) is 4. The molecule has 0 bridgehead atoms. The summed E-state index contributed by atoms with van der Waals surface area (Å²) in [6, 6.07) is 3.43. The fraction of sp³-hybridized carbons (Fsp3) is 0. The molecular formula is C22H6F6N2O4. The van der Waals surface area contributed by atoms with E-state index in [1.54, 1.807) is 0 Å². The molecule has 12 heteroatoms. The Hall–Kier alpha value is -4.48. The summed E-state index contributed by atoms with van der Waals surface area (Å²) in [7, 11) is 0. The predicted octanol–water partition coefficient (Wildman–Crippen LogP) is 2.73. The summed E-state index contributed by atoms with van der Waals surface area (Å²) in [4.78, 5) is 51.2. The summed E-state index contributed by atoms with van der Waals surface area (Å²) in [6.45, 7) is 0. The van der Waals surface area contributed by atoms with E-state index < -0.39 is 90.1 Å². The first-order valence-electron chi connectivity index (χ1n) is 9.26. The lowest BCUT2D eigenvalue weighted by atomic mass is 10.1. The molecule has 2 heterocycles. The van der Waals surface area contributed by atoms with Crippen molar-refractivity contribution in [2.45, 2.75) is 0 Å². The van der Waals surface area contributed by atoms with Gasteiger partial charge >= 0.3 is 0 Å². The fourth-order valence-corrected chi connectivity index (χ4v) is 3.79. The van der Waals surface area contributed by atoms with E-state index in [1.807, 2.05) is 0 Å². The smallest absolute Gasteiger partial charge is 0.266 e. The maximum atomic E-state index is 13.6. The minimum Gasteiger partial charge on any atom is -0.268 e. The number of nitrogens with zero attached hydrogens (tertiary/aromatic N) is 2. The Bertz CT molecular complexity index is 1650. The lowest BCUT2D eigenvalue weighted by molar-refractivity contribution is 0.446. The van der Waals surface area contributed by atoms with Crippen molar-refractivity contribution in [1.29, 1.82) is 0 Å². The normalized spacial score (nSPS) is 11.7. The zero-order valence-electron chi connectivity index (χ0n) is 16.3. The number of rotatable bonds is 2. The van der Waals surface area contributed by atoms with Crippen molar-refractivity contribution >= 4 is 21.5 Å². The van der Waals surface area contributed by atoms with Gasteiger partial charge in [-0.05, 0) is 12.1 Å². The van der Waals surface area contributed by atoms with Gasteiger partial charge in [0.05, 0.1) is 32.9 Å². The first kappa shape index (κ1) is 21.4. The van der Waals surface area contributed by atoms with Crippen LogP contribution in [0, 0.1) is 34.9 Å². The topological polar surface area (TPSA) is 78.1 Å². The maximum absolute atomic E-state index is 13.6. The third-order valence-electron chi connectivity index (χ3n) is 5.35. The van der Waals surface area contributed by atoms with E-state index in [9.17, 15) is 45.5 Å². The molecule has 170 valence electrons. The highest BCUT2D eigenvalue weighted by atomic mass is 19.2. The molecular weight excluding hydrogens is 470 g/mol. The van der Waals surface area contributed by atoms with Gasteiger partial charge in [-0.25, -0.2) is 35.5 Å². The standard InChI is InChI=1S/C22H6F6N2O4/c23-13-1-7(2-14(24)17(13)27)29-19(31)9-5-11-12(6-10(9)20(29)32)22(34)30(21(11)33)8-3-15(25)18(28)16(26)4-8/h1-6H. The molecule has 0 saturated carbocycles. The van der Waals surface area contributed by atoms with Crippen LogP contribution >= 0.6 is 0 Å². The molecule has 6 nitrogen and oxygen atoms in total. The second-order valence-corrected chi connectivity index (χ2v) is 7.28. The van der Waals surface area contributed by atoms with Crippen LogP contribution in [-0.4, -0.2) is 9.13 Å². The van der Waals surface area contributed by atoms with Crippen LogP contribution in [0.4, 0.5) is 26.3 Å². The van der Waals surface area contributed by atoms with E-state index in [0.29, 0.717) is 33.4 Å². The summed E-state index contributed by atoms with van der Waals surface area (Å²) in [6.07, 6.45) is 0. The van der Waals surface area contributed by atoms with Gasteiger partial charge in [0.25, 0.3) is 22.2 Å². The summed E-state index contributed by atoms with van der Waals surface area (Å²) in [5, 5.41) is -1.64. The molecule has 0 spiro atoms. The largest absolute Gasteiger partial charge is 0.268 e. The average molecular weight is 476 g/mol. The van der Waals surface area contributed by atoms with E-state index in [4.69, 9.17) is 0 Å². The molecule has 0 amide bonds. The van der Waals surface area contributed by atoms with Crippen LogP contribution < -0.4 is 22.2 Å². The van der Waals surface area contributed by atoms with Crippen LogP contribution in [0.1, 0.15) is 0 Å². The molecule has 0 atom stereocenters. The van der Waals surface area contributed by atoms with Crippen LogP contribution in [0.2, 0.25) is 0 Å². The van der Waals surface area contributed by atoms with Crippen molar-refractivity contribution in [3.63, 3.8) is 0 Å². The van der Waals surface area contributed by atoms with E-state index in [2.05, 4.69) is 0 Å². The highest BCUT2D eigenvalue weighted by molar-refractivity contribution is 5.98. The van der Waals surface area contributed by atoms with Gasteiger partial charge < -0.3 is 0 Å². The van der Waals surface area contributed by atoms with E-state index in [0.717, 1.165) is 12.1 Å². The molecule has 0 aliphatic heterocycles. The molecule has 0 saturated heterocycles. The number of halogens is 6. The van der Waals surface area contributed by atoms with E-state index in [1.165, 1.54) is 0 Å². The van der Waals surface area contributed by atoms with Gasteiger partial charge in [-0.3, -0.25) is 19.2 Å². The number of fused-ring (bicyclic) bond motifs is 2. The van der Waals surface area contributed by atoms with Crippen molar-refractivity contribution in [3.05, 3.63) is 113 Å². The molecule has 0 fully saturated rings. The Kier molecular flexibility index (Phi) is 4.40. The summed E-state index contributed by atoms with van der Waals surface area (Å²) in [5.41, 5.74) is -5.73. The third kappa shape index (κ3) is 2.77. The summed E-state index contributed by atoms with van der Waals surface area (Å²) >= 11 is 0. The lowest BCUT2D eigenvalue weighted by Crippen LogP contribution is -2.24. The number of aromatic nitrogens is 2. The Balaban J connectivity index is 1.83. The van der Waals surface area contributed by atoms with Gasteiger partial charge in [0, 0.05) is 24.3 Å². The van der Waals surface area contributed by atoms with Gasteiger partial charge in [-0.2, -0.15) is 0 Å². The molecule has 5 rings (SSSR count). The number of benzene rings is 3. The van der Waals surface area contributed by atoms with Crippen molar-refractivity contribution in [3.8, 4) is 11.4 Å². The quantitative estimate of drug-likeness (QED) is 0.290. The average Bonchev–Trinajstić information content (AvgIpc) is 3.18. The van der Waals surface area contributed by atoms with Gasteiger partial charge in [0.2, 0.25) is 0 Å². The molecule has 0 aliphatic carbocycles. The van der Waals surface area contributed by atoms with E-state index >= 15 is 0 Å². The van der Waals surface area contributed by atoms with Crippen molar-refractivity contribution in [2.75, 3.05) is 0 Å². The predicted molar refractivity (Wildman–Crippen MR) is 107 cm³/mol. The molecule has 5 aromatic rings. The zero-order chi connectivity index (χ0) is 24.6. The number of hydrogen-bond donors (Lipinski definition) is 0. The van der Waals surface area contributed by atoms with Gasteiger partial charge in [0.15, 0.2) is 34.9 Å². The molecule has 3 aromatic carbocycles. The second-order valence-electron chi connectivity index (χ2n) is 7.28. The van der Waals surface area contributed by atoms with E-state index in [-0.39, 0.29) is 0 Å². The molecule has 0 radical (unpaired) electrons. The van der Waals surface area contributed by atoms with Gasteiger partial charge in [0.1, 0.15) is 0 Å². The monoisotopic (exact) mass is 476 g/mol. The Morgan fingerprint density at radius 1 is 0.412 bits per heavy atom. The second kappa shape index (κ2) is 7.01. The minimum atomic E-state index is -1.82. The van der Waals surface area contributed by atoms with Crippen LogP contribution in [0.3, 0.4) is 0 Å². The maximum Gasteiger partial charge on any atom is 0.266 e. The SMILES string of the molecule is O=c1c2cc3c(=O)n(-c4cc(F)c(F)c(F)c4)c(=O)c3cc2c(=O)n1-c1cc(F)c(F)c(F)c1. The summed E-state index contributed by atoms with van der Waals surface area (Å²) in [5.74, 6) is -10.3. The Morgan fingerprint density at radius 3 is 0.882 bits per heavy atom. The lowest BCUT2D eigenvalue weighted by Gasteiger charge is -2.02. The van der Waals surface area contributed by atoms with Crippen LogP contribution in [-0.2, 0) is 0 Å². The highest BCUT2D eigenvalue weighted by Crippen LogP contribution is 2.20. The molecule has 34 heavy (non-hydrogen) atoms. The molecule has 0 N–H and O–H groups in total. The first-order chi connectivity index (χ1) is 16.0. The van der Waals surface area contributed by atoms with Gasteiger partial charge in [-0.15, -0.1) is 0 Å². The first-order valence-corrected chi connectivity index (χ1v) is 9.26. The third-order valence-corrected chi connectivity index (χ3v) is 5.35. The Morgan fingerprint density at radius 2 is 0.647 bits per heavy atom.